The van der Waals surface area contributed by atoms with E-state index in [0.29, 0.717) is 4.75 Å². The molecule has 1 aliphatic rings. The number of anilines is 1. The summed E-state index contributed by atoms with van der Waals surface area (Å²) >= 11 is 5.26. The fourth-order valence-corrected chi connectivity index (χ4v) is 3.99. The third-order valence-corrected chi connectivity index (χ3v) is 6.62. The van der Waals surface area contributed by atoms with Crippen molar-refractivity contribution in [3.8, 4) is 0 Å². The van der Waals surface area contributed by atoms with Crippen LogP contribution in [0.5, 0.6) is 0 Å². The van der Waals surface area contributed by atoms with Crippen LogP contribution in [0, 0.1) is 0 Å². The Morgan fingerprint density at radius 3 is 2.89 bits per heavy atom. The Balaban J connectivity index is 1.84. The zero-order chi connectivity index (χ0) is 12.6. The highest BCUT2D eigenvalue weighted by Gasteiger charge is 2.41. The normalized spacial score (nSPS) is 17.0. The molecule has 0 atom stereocenters. The summed E-state index contributed by atoms with van der Waals surface area (Å²) in [5.41, 5.74) is 0.802. The maximum Gasteiger partial charge on any atom is 0.176 e. The lowest BCUT2D eigenvalue weighted by Gasteiger charge is -2.13. The zero-order valence-corrected chi connectivity index (χ0v) is 12.7. The van der Waals surface area contributed by atoms with Crippen molar-refractivity contribution in [2.24, 2.45) is 0 Å². The first-order valence-corrected chi connectivity index (χ1v) is 8.97. The molecule has 1 aliphatic carbocycles. The molecule has 0 spiro atoms. The van der Waals surface area contributed by atoms with E-state index in [1.165, 1.54) is 12.8 Å². The minimum absolute atomic E-state index is 0.435. The molecule has 0 saturated heterocycles. The van der Waals surface area contributed by atoms with Gasteiger partial charge in [-0.25, -0.2) is 15.0 Å². The second-order valence-corrected chi connectivity index (χ2v) is 7.63. The number of nitrogens with zero attached hydrogens (tertiary/aromatic N) is 3. The molecule has 4 nitrogen and oxygen atoms in total. The Morgan fingerprint density at radius 2 is 2.22 bits per heavy atom. The van der Waals surface area contributed by atoms with Crippen molar-refractivity contribution in [1.29, 1.82) is 0 Å². The van der Waals surface area contributed by atoms with Gasteiger partial charge in [0.15, 0.2) is 9.99 Å². The van der Waals surface area contributed by atoms with Gasteiger partial charge in [0.05, 0.1) is 0 Å². The van der Waals surface area contributed by atoms with E-state index >= 15 is 0 Å². The highest BCUT2D eigenvalue weighted by molar-refractivity contribution is 8.00. The Labute approximate surface area is 118 Å². The lowest BCUT2D eigenvalue weighted by atomic mass is 10.4. The smallest absolute Gasteiger partial charge is 0.176 e. The van der Waals surface area contributed by atoms with E-state index < -0.39 is 0 Å². The average Bonchev–Trinajstić information content (AvgIpc) is 3.06. The largest absolute Gasteiger partial charge is 0.367 e. The molecule has 0 aromatic carbocycles. The van der Waals surface area contributed by atoms with Crippen molar-refractivity contribution in [3.05, 3.63) is 6.33 Å². The number of aromatic nitrogens is 3. The van der Waals surface area contributed by atoms with Crippen LogP contribution >= 0.6 is 34.9 Å². The minimum Gasteiger partial charge on any atom is -0.367 e. The number of thiazole rings is 1. The molecule has 2 aromatic rings. The summed E-state index contributed by atoms with van der Waals surface area (Å²) in [5.74, 6) is 0.929. The van der Waals surface area contributed by atoms with Gasteiger partial charge in [-0.15, -0.1) is 11.3 Å². The van der Waals surface area contributed by atoms with Crippen molar-refractivity contribution in [2.75, 3.05) is 24.4 Å². The van der Waals surface area contributed by atoms with Crippen LogP contribution in [0.2, 0.25) is 0 Å². The molecule has 0 aliphatic heterocycles. The van der Waals surface area contributed by atoms with E-state index in [4.69, 9.17) is 0 Å². The van der Waals surface area contributed by atoms with Crippen molar-refractivity contribution in [2.45, 2.75) is 21.9 Å². The van der Waals surface area contributed by atoms with Crippen LogP contribution < -0.4 is 5.32 Å². The van der Waals surface area contributed by atoms with Crippen molar-refractivity contribution < 1.29 is 0 Å². The standard InChI is InChI=1S/C11H14N4S3/c1-16-10-15-9-7(18-10)8(13-6-14-9)12-5-11(17-2)3-4-11/h6H,3-5H2,1-2H3,(H,12,13,14). The fraction of sp³-hybridized carbons (Fsp3) is 0.545. The molecule has 0 amide bonds. The maximum atomic E-state index is 4.46. The van der Waals surface area contributed by atoms with E-state index in [9.17, 15) is 0 Å². The Hall–Kier alpha value is -0.530. The first-order chi connectivity index (χ1) is 8.76. The van der Waals surface area contributed by atoms with Gasteiger partial charge in [-0.2, -0.15) is 11.8 Å². The van der Waals surface area contributed by atoms with Crippen LogP contribution in [-0.2, 0) is 0 Å². The summed E-state index contributed by atoms with van der Waals surface area (Å²) in [6.45, 7) is 0.979. The molecular weight excluding hydrogens is 284 g/mol. The van der Waals surface area contributed by atoms with Crippen LogP contribution in [0.1, 0.15) is 12.8 Å². The Morgan fingerprint density at radius 1 is 1.39 bits per heavy atom. The fourth-order valence-electron chi connectivity index (χ4n) is 1.79. The van der Waals surface area contributed by atoms with Crippen molar-refractivity contribution >= 4 is 51.0 Å². The molecule has 1 fully saturated rings. The Kier molecular flexibility index (Phi) is 3.38. The lowest BCUT2D eigenvalue weighted by Crippen LogP contribution is -2.18. The van der Waals surface area contributed by atoms with E-state index in [-0.39, 0.29) is 0 Å². The number of fused-ring (bicyclic) bond motifs is 1. The number of rotatable bonds is 5. The molecule has 2 heterocycles. The molecule has 0 radical (unpaired) electrons. The maximum absolute atomic E-state index is 4.46. The highest BCUT2D eigenvalue weighted by atomic mass is 32.2. The number of hydrogen-bond donors (Lipinski definition) is 1. The summed E-state index contributed by atoms with van der Waals surface area (Å²) in [7, 11) is 0. The van der Waals surface area contributed by atoms with Crippen LogP contribution in [0.15, 0.2) is 10.7 Å². The molecule has 0 bridgehead atoms. The summed E-state index contributed by atoms with van der Waals surface area (Å²) < 4.78 is 2.54. The number of hydrogen-bond acceptors (Lipinski definition) is 7. The molecule has 0 unspecified atom stereocenters. The topological polar surface area (TPSA) is 50.7 Å². The van der Waals surface area contributed by atoms with Crippen LogP contribution in [0.3, 0.4) is 0 Å². The highest BCUT2D eigenvalue weighted by Crippen LogP contribution is 2.47. The van der Waals surface area contributed by atoms with Gasteiger partial charge in [-0.05, 0) is 25.4 Å². The molecule has 7 heteroatoms. The Bertz CT molecular complexity index is 564. The summed E-state index contributed by atoms with van der Waals surface area (Å²) in [6, 6.07) is 0. The lowest BCUT2D eigenvalue weighted by molar-refractivity contribution is 0.941. The summed E-state index contributed by atoms with van der Waals surface area (Å²) in [5, 5.41) is 3.47. The first-order valence-electron chi connectivity index (χ1n) is 5.71. The van der Waals surface area contributed by atoms with E-state index in [1.54, 1.807) is 29.4 Å². The van der Waals surface area contributed by atoms with Gasteiger partial charge in [0.2, 0.25) is 0 Å². The predicted octanol–water partition coefficient (Wildman–Crippen LogP) is 3.12. The monoisotopic (exact) mass is 298 g/mol. The van der Waals surface area contributed by atoms with E-state index in [1.807, 2.05) is 18.0 Å². The van der Waals surface area contributed by atoms with Crippen LogP contribution in [0.4, 0.5) is 5.82 Å². The SMILES string of the molecule is CSc1nc2ncnc(NCC3(SC)CC3)c2s1. The minimum atomic E-state index is 0.435. The van der Waals surface area contributed by atoms with Crippen molar-refractivity contribution in [1.82, 2.24) is 15.0 Å². The van der Waals surface area contributed by atoms with Gasteiger partial charge in [0.25, 0.3) is 0 Å². The van der Waals surface area contributed by atoms with Gasteiger partial charge in [-0.1, -0.05) is 11.8 Å². The molecule has 1 N–H and O–H groups in total. The molecule has 3 rings (SSSR count). The number of nitrogens with one attached hydrogen (secondary N) is 1. The third-order valence-electron chi connectivity index (χ3n) is 3.16. The quantitative estimate of drug-likeness (QED) is 0.856. The van der Waals surface area contributed by atoms with Gasteiger partial charge in [0, 0.05) is 11.3 Å². The molecule has 1 saturated carbocycles. The summed E-state index contributed by atoms with van der Waals surface area (Å²) in [6.07, 6.45) is 8.41. The van der Waals surface area contributed by atoms with E-state index in [2.05, 4.69) is 26.5 Å². The second-order valence-electron chi connectivity index (χ2n) is 4.30. The van der Waals surface area contributed by atoms with Gasteiger partial charge in [0.1, 0.15) is 16.8 Å². The average molecular weight is 298 g/mol. The summed E-state index contributed by atoms with van der Waals surface area (Å²) in [4.78, 5) is 13.0. The van der Waals surface area contributed by atoms with E-state index in [0.717, 1.165) is 27.0 Å². The molecular formula is C11H14N4S3. The molecule has 18 heavy (non-hydrogen) atoms. The van der Waals surface area contributed by atoms with Crippen molar-refractivity contribution in [3.63, 3.8) is 0 Å². The molecule has 96 valence electrons. The second kappa shape index (κ2) is 4.86. The van der Waals surface area contributed by atoms with Gasteiger partial charge in [-0.3, -0.25) is 0 Å². The first kappa shape index (κ1) is 12.5. The van der Waals surface area contributed by atoms with Gasteiger partial charge < -0.3 is 5.32 Å². The predicted molar refractivity (Wildman–Crippen MR) is 81.0 cm³/mol. The van der Waals surface area contributed by atoms with Crippen LogP contribution in [-0.4, -0.2) is 38.8 Å². The zero-order valence-electron chi connectivity index (χ0n) is 10.3. The van der Waals surface area contributed by atoms with Crippen LogP contribution in [0.25, 0.3) is 10.3 Å². The third kappa shape index (κ3) is 2.31. The molecule has 2 aromatic heterocycles. The van der Waals surface area contributed by atoms with Gasteiger partial charge >= 0.3 is 0 Å². The number of thioether (sulfide) groups is 2.